The van der Waals surface area contributed by atoms with Crippen LogP contribution in [0.2, 0.25) is 0 Å². The van der Waals surface area contributed by atoms with E-state index in [1.165, 1.54) is 12.1 Å². The molecule has 0 aromatic heterocycles. The third-order valence-electron chi connectivity index (χ3n) is 5.74. The third kappa shape index (κ3) is 6.03. The van der Waals surface area contributed by atoms with E-state index < -0.39 is 0 Å². The third-order valence-corrected chi connectivity index (χ3v) is 5.74. The van der Waals surface area contributed by atoms with Crippen LogP contribution in [0.5, 0.6) is 5.75 Å². The zero-order valence-corrected chi connectivity index (χ0v) is 18.3. The standard InChI is InChI=1S/C25H29FN2O3/c1-18-14-27(17-31-24-12-8-21(9-13-24)5-4-19(2)30)20(3)25(16-29)28(18)15-22-6-10-23(26)11-7-22/h6-13,18,20H,4-5,14-15,17H2,1-3H3/t18-,20+/m0/s1. The number of carbonyl (C=O) groups excluding carboxylic acids is 2. The Morgan fingerprint density at radius 2 is 1.74 bits per heavy atom. The number of Topliss-reactive ketones (excluding diaryl/α,β-unsaturated/α-hetero) is 1. The molecule has 0 amide bonds. The maximum atomic E-state index is 13.2. The van der Waals surface area contributed by atoms with Crippen LogP contribution in [0.3, 0.4) is 0 Å². The quantitative estimate of drug-likeness (QED) is 0.600. The van der Waals surface area contributed by atoms with Gasteiger partial charge in [0.1, 0.15) is 35.7 Å². The fourth-order valence-corrected chi connectivity index (χ4v) is 3.81. The zero-order valence-electron chi connectivity index (χ0n) is 18.3. The maximum absolute atomic E-state index is 13.2. The summed E-state index contributed by atoms with van der Waals surface area (Å²) in [6.07, 6.45) is 1.27. The molecular weight excluding hydrogens is 395 g/mol. The minimum Gasteiger partial charge on any atom is -0.478 e. The Morgan fingerprint density at radius 3 is 2.35 bits per heavy atom. The molecule has 31 heavy (non-hydrogen) atoms. The molecule has 164 valence electrons. The van der Waals surface area contributed by atoms with Gasteiger partial charge in [-0.25, -0.2) is 9.18 Å². The van der Waals surface area contributed by atoms with Crippen LogP contribution < -0.4 is 4.74 Å². The second-order valence-corrected chi connectivity index (χ2v) is 8.16. The Labute approximate surface area is 183 Å². The fraction of sp³-hybridized carbons (Fsp3) is 0.400. The van der Waals surface area contributed by atoms with Gasteiger partial charge in [0.15, 0.2) is 0 Å². The van der Waals surface area contributed by atoms with Crippen molar-refractivity contribution in [3.05, 3.63) is 71.2 Å². The van der Waals surface area contributed by atoms with Crippen molar-refractivity contribution in [3.8, 4) is 5.75 Å². The Bertz CT molecular complexity index is 936. The Hall–Kier alpha value is -2.95. The molecule has 2 aromatic rings. The first-order valence-corrected chi connectivity index (χ1v) is 10.6. The number of hydrogen-bond acceptors (Lipinski definition) is 5. The second-order valence-electron chi connectivity index (χ2n) is 8.16. The number of benzene rings is 2. The van der Waals surface area contributed by atoms with Crippen LogP contribution in [-0.2, 0) is 22.6 Å². The topological polar surface area (TPSA) is 49.9 Å². The summed E-state index contributed by atoms with van der Waals surface area (Å²) in [6.45, 7) is 7.24. The summed E-state index contributed by atoms with van der Waals surface area (Å²) >= 11 is 0. The van der Waals surface area contributed by atoms with Crippen molar-refractivity contribution in [2.24, 2.45) is 0 Å². The van der Waals surface area contributed by atoms with Crippen molar-refractivity contribution in [2.45, 2.75) is 52.2 Å². The highest BCUT2D eigenvalue weighted by Gasteiger charge is 2.34. The van der Waals surface area contributed by atoms with Gasteiger partial charge in [0.05, 0.1) is 6.04 Å². The number of ether oxygens (including phenoxy) is 1. The van der Waals surface area contributed by atoms with Crippen molar-refractivity contribution in [1.29, 1.82) is 0 Å². The predicted octanol–water partition coefficient (Wildman–Crippen LogP) is 3.99. The lowest BCUT2D eigenvalue weighted by molar-refractivity contribution is -0.116. The van der Waals surface area contributed by atoms with Crippen LogP contribution in [0.15, 0.2) is 54.2 Å². The number of hydrogen-bond donors (Lipinski definition) is 0. The van der Waals surface area contributed by atoms with Crippen LogP contribution in [0.1, 0.15) is 38.3 Å². The number of piperazine rings is 1. The molecule has 3 rings (SSSR count). The predicted molar refractivity (Wildman–Crippen MR) is 118 cm³/mol. The number of aryl methyl sites for hydroxylation is 1. The average molecular weight is 425 g/mol. The van der Waals surface area contributed by atoms with Crippen LogP contribution in [0, 0.1) is 5.82 Å². The minimum absolute atomic E-state index is 0.0789. The molecule has 2 aromatic carbocycles. The van der Waals surface area contributed by atoms with Gasteiger partial charge in [-0.3, -0.25) is 4.90 Å². The van der Waals surface area contributed by atoms with Crippen LogP contribution in [-0.4, -0.2) is 46.9 Å². The smallest absolute Gasteiger partial charge is 0.147 e. The number of rotatable bonds is 8. The Morgan fingerprint density at radius 1 is 1.10 bits per heavy atom. The Balaban J connectivity index is 1.60. The van der Waals surface area contributed by atoms with Gasteiger partial charge in [-0.15, -0.1) is 0 Å². The lowest BCUT2D eigenvalue weighted by Crippen LogP contribution is -2.55. The van der Waals surface area contributed by atoms with E-state index >= 15 is 0 Å². The maximum Gasteiger partial charge on any atom is 0.147 e. The van der Waals surface area contributed by atoms with E-state index in [4.69, 9.17) is 4.74 Å². The largest absolute Gasteiger partial charge is 0.478 e. The first-order valence-electron chi connectivity index (χ1n) is 10.6. The molecule has 6 heteroatoms. The molecular formula is C25H29FN2O3. The summed E-state index contributed by atoms with van der Waals surface area (Å²) < 4.78 is 19.2. The normalized spacial score (nSPS) is 19.2. The summed E-state index contributed by atoms with van der Waals surface area (Å²) in [6, 6.07) is 14.0. The molecule has 0 unspecified atom stereocenters. The molecule has 0 N–H and O–H groups in total. The average Bonchev–Trinajstić information content (AvgIpc) is 2.76. The van der Waals surface area contributed by atoms with Crippen molar-refractivity contribution in [3.63, 3.8) is 0 Å². The van der Waals surface area contributed by atoms with Crippen molar-refractivity contribution < 1.29 is 18.7 Å². The van der Waals surface area contributed by atoms with Crippen LogP contribution in [0.25, 0.3) is 0 Å². The second kappa shape index (κ2) is 10.4. The highest BCUT2D eigenvalue weighted by Crippen LogP contribution is 2.26. The van der Waals surface area contributed by atoms with Crippen LogP contribution in [0.4, 0.5) is 4.39 Å². The number of halogens is 1. The molecule has 0 bridgehead atoms. The number of nitrogens with zero attached hydrogens (tertiary/aromatic N) is 2. The van der Waals surface area contributed by atoms with Crippen molar-refractivity contribution >= 4 is 11.7 Å². The van der Waals surface area contributed by atoms with Crippen molar-refractivity contribution in [1.82, 2.24) is 9.80 Å². The van der Waals surface area contributed by atoms with E-state index in [0.717, 1.165) is 29.8 Å². The first-order chi connectivity index (χ1) is 14.9. The molecule has 0 radical (unpaired) electrons. The van der Waals surface area contributed by atoms with Gasteiger partial charge in [-0.2, -0.15) is 0 Å². The lowest BCUT2D eigenvalue weighted by atomic mass is 10.0. The van der Waals surface area contributed by atoms with E-state index in [2.05, 4.69) is 17.8 Å². The van der Waals surface area contributed by atoms with E-state index in [-0.39, 0.29) is 23.7 Å². The SMILES string of the molecule is CC(=O)CCc1ccc(OCN2C[C@H](C)N(Cc3ccc(F)cc3)C(=C=O)[C@H]2C)cc1. The molecule has 1 fully saturated rings. The summed E-state index contributed by atoms with van der Waals surface area (Å²) in [5.74, 6) is 2.77. The molecule has 2 atom stereocenters. The summed E-state index contributed by atoms with van der Waals surface area (Å²) in [5.41, 5.74) is 2.62. The highest BCUT2D eigenvalue weighted by molar-refractivity contribution is 5.75. The molecule has 0 spiro atoms. The van der Waals surface area contributed by atoms with E-state index in [0.29, 0.717) is 25.4 Å². The summed E-state index contributed by atoms with van der Waals surface area (Å²) in [7, 11) is 0. The zero-order chi connectivity index (χ0) is 22.4. The van der Waals surface area contributed by atoms with Gasteiger partial charge in [-0.1, -0.05) is 24.3 Å². The molecule has 0 aliphatic carbocycles. The van der Waals surface area contributed by atoms with Gasteiger partial charge in [-0.05, 0) is 62.6 Å². The number of carbonyl (C=O) groups is 1. The molecule has 0 saturated carbocycles. The van der Waals surface area contributed by atoms with Crippen molar-refractivity contribution in [2.75, 3.05) is 13.3 Å². The van der Waals surface area contributed by atoms with Gasteiger partial charge in [0.2, 0.25) is 0 Å². The van der Waals surface area contributed by atoms with Gasteiger partial charge in [0.25, 0.3) is 0 Å². The summed E-state index contributed by atoms with van der Waals surface area (Å²) in [4.78, 5) is 27.1. The first kappa shape index (κ1) is 22.7. The highest BCUT2D eigenvalue weighted by atomic mass is 19.1. The van der Waals surface area contributed by atoms with E-state index in [1.54, 1.807) is 19.1 Å². The molecule has 1 aliphatic rings. The molecule has 1 aliphatic heterocycles. The fourth-order valence-electron chi connectivity index (χ4n) is 3.81. The van der Waals surface area contributed by atoms with Crippen LogP contribution >= 0.6 is 0 Å². The van der Waals surface area contributed by atoms with Gasteiger partial charge < -0.3 is 14.4 Å². The van der Waals surface area contributed by atoms with E-state index in [9.17, 15) is 14.0 Å². The van der Waals surface area contributed by atoms with Gasteiger partial charge >= 0.3 is 0 Å². The van der Waals surface area contributed by atoms with E-state index in [1.807, 2.05) is 36.1 Å². The number of ketones is 1. The molecule has 5 nitrogen and oxygen atoms in total. The van der Waals surface area contributed by atoms with Gasteiger partial charge in [0, 0.05) is 25.6 Å². The summed E-state index contributed by atoms with van der Waals surface area (Å²) in [5, 5.41) is 0. The molecule has 1 saturated heterocycles. The lowest BCUT2D eigenvalue weighted by Gasteiger charge is -2.45. The minimum atomic E-state index is -0.273. The molecule has 1 heterocycles. The Kier molecular flexibility index (Phi) is 7.61. The monoisotopic (exact) mass is 424 g/mol.